The molecule has 0 saturated heterocycles. The van der Waals surface area contributed by atoms with Crippen LogP contribution in [0.15, 0.2) is 47.6 Å². The Balaban J connectivity index is 2.10. The molecule has 98 valence electrons. The number of hydrogen-bond donors (Lipinski definition) is 1. The molecule has 0 bridgehead atoms. The van der Waals surface area contributed by atoms with Gasteiger partial charge in [0, 0.05) is 5.56 Å². The molecule has 2 aromatic carbocycles. The van der Waals surface area contributed by atoms with E-state index < -0.39 is 0 Å². The van der Waals surface area contributed by atoms with Crippen LogP contribution in [0.25, 0.3) is 0 Å². The molecule has 0 saturated carbocycles. The lowest BCUT2D eigenvalue weighted by Gasteiger charge is -2.09. The van der Waals surface area contributed by atoms with Gasteiger partial charge in [-0.05, 0) is 29.8 Å². The molecule has 0 radical (unpaired) electrons. The van der Waals surface area contributed by atoms with Crippen molar-refractivity contribution in [1.29, 1.82) is 0 Å². The molecular formula is C14H11ClFNO2. The van der Waals surface area contributed by atoms with E-state index in [0.29, 0.717) is 21.9 Å². The van der Waals surface area contributed by atoms with Crippen LogP contribution in [0.4, 0.5) is 4.39 Å². The summed E-state index contributed by atoms with van der Waals surface area (Å²) >= 11 is 6.01. The first-order valence-electron chi connectivity index (χ1n) is 5.54. The molecule has 0 spiro atoms. The Bertz CT molecular complexity index is 602. The highest BCUT2D eigenvalue weighted by molar-refractivity contribution is 6.32. The Morgan fingerprint density at radius 3 is 2.74 bits per heavy atom. The SMILES string of the molecule is ON=Cc1ccc(OCc2ccccc2F)c(Cl)c1. The number of oxime groups is 1. The quantitative estimate of drug-likeness (QED) is 0.524. The number of nitrogens with zero attached hydrogens (tertiary/aromatic N) is 1. The number of rotatable bonds is 4. The van der Waals surface area contributed by atoms with Crippen LogP contribution in [0, 0.1) is 5.82 Å². The fourth-order valence-electron chi connectivity index (χ4n) is 1.55. The Hall–Kier alpha value is -2.07. The minimum atomic E-state index is -0.317. The summed E-state index contributed by atoms with van der Waals surface area (Å²) in [5.41, 5.74) is 1.10. The van der Waals surface area contributed by atoms with Crippen LogP contribution in [0.3, 0.4) is 0 Å². The van der Waals surface area contributed by atoms with E-state index in [4.69, 9.17) is 21.5 Å². The van der Waals surface area contributed by atoms with Gasteiger partial charge in [-0.1, -0.05) is 35.0 Å². The van der Waals surface area contributed by atoms with Crippen LogP contribution in [0.2, 0.25) is 5.02 Å². The second kappa shape index (κ2) is 6.20. The van der Waals surface area contributed by atoms with Crippen molar-refractivity contribution in [1.82, 2.24) is 0 Å². The predicted octanol–water partition coefficient (Wildman–Crippen LogP) is 3.87. The highest BCUT2D eigenvalue weighted by atomic mass is 35.5. The summed E-state index contributed by atoms with van der Waals surface area (Å²) in [5.74, 6) is 0.127. The molecule has 0 fully saturated rings. The molecule has 2 aromatic rings. The summed E-state index contributed by atoms with van der Waals surface area (Å²) in [7, 11) is 0. The van der Waals surface area contributed by atoms with Gasteiger partial charge in [-0.25, -0.2) is 4.39 Å². The fourth-order valence-corrected chi connectivity index (χ4v) is 1.80. The van der Waals surface area contributed by atoms with Gasteiger partial charge in [0.2, 0.25) is 0 Å². The number of hydrogen-bond acceptors (Lipinski definition) is 3. The summed E-state index contributed by atoms with van der Waals surface area (Å²) in [6, 6.07) is 11.3. The third-order valence-electron chi connectivity index (χ3n) is 2.50. The first kappa shape index (κ1) is 13.4. The summed E-state index contributed by atoms with van der Waals surface area (Å²) in [5, 5.41) is 11.7. The first-order valence-corrected chi connectivity index (χ1v) is 5.91. The van der Waals surface area contributed by atoms with Gasteiger partial charge >= 0.3 is 0 Å². The maximum atomic E-state index is 13.4. The predicted molar refractivity (Wildman–Crippen MR) is 71.6 cm³/mol. The molecular weight excluding hydrogens is 269 g/mol. The average Bonchev–Trinajstić information content (AvgIpc) is 2.40. The van der Waals surface area contributed by atoms with E-state index in [0.717, 1.165) is 0 Å². The zero-order chi connectivity index (χ0) is 13.7. The Morgan fingerprint density at radius 1 is 1.26 bits per heavy atom. The zero-order valence-corrected chi connectivity index (χ0v) is 10.6. The van der Waals surface area contributed by atoms with Crippen molar-refractivity contribution in [2.75, 3.05) is 0 Å². The van der Waals surface area contributed by atoms with E-state index in [1.807, 2.05) is 0 Å². The molecule has 19 heavy (non-hydrogen) atoms. The fraction of sp³-hybridized carbons (Fsp3) is 0.0714. The summed E-state index contributed by atoms with van der Waals surface area (Å²) in [4.78, 5) is 0. The lowest BCUT2D eigenvalue weighted by molar-refractivity contribution is 0.300. The smallest absolute Gasteiger partial charge is 0.138 e. The monoisotopic (exact) mass is 279 g/mol. The molecule has 0 unspecified atom stereocenters. The van der Waals surface area contributed by atoms with E-state index in [9.17, 15) is 4.39 Å². The molecule has 2 rings (SSSR count). The maximum Gasteiger partial charge on any atom is 0.138 e. The third-order valence-corrected chi connectivity index (χ3v) is 2.80. The van der Waals surface area contributed by atoms with Crippen molar-refractivity contribution >= 4 is 17.8 Å². The Morgan fingerprint density at radius 2 is 2.05 bits per heavy atom. The summed E-state index contributed by atoms with van der Waals surface area (Å²) < 4.78 is 18.9. The van der Waals surface area contributed by atoms with Gasteiger partial charge in [-0.3, -0.25) is 0 Å². The highest BCUT2D eigenvalue weighted by Crippen LogP contribution is 2.26. The largest absolute Gasteiger partial charge is 0.487 e. The van der Waals surface area contributed by atoms with Crippen LogP contribution in [-0.4, -0.2) is 11.4 Å². The van der Waals surface area contributed by atoms with Crippen LogP contribution in [-0.2, 0) is 6.61 Å². The highest BCUT2D eigenvalue weighted by Gasteiger charge is 2.05. The van der Waals surface area contributed by atoms with Crippen molar-refractivity contribution in [3.05, 3.63) is 64.4 Å². The van der Waals surface area contributed by atoms with E-state index >= 15 is 0 Å². The zero-order valence-electron chi connectivity index (χ0n) is 9.88. The number of ether oxygens (including phenoxy) is 1. The van der Waals surface area contributed by atoms with Gasteiger partial charge in [0.1, 0.15) is 18.2 Å². The molecule has 0 aromatic heterocycles. The first-order chi connectivity index (χ1) is 9.20. The summed E-state index contributed by atoms with van der Waals surface area (Å²) in [6.07, 6.45) is 1.26. The lowest BCUT2D eigenvalue weighted by atomic mass is 10.2. The van der Waals surface area contributed by atoms with E-state index in [1.54, 1.807) is 36.4 Å². The van der Waals surface area contributed by atoms with Crippen molar-refractivity contribution in [2.24, 2.45) is 5.16 Å². The van der Waals surface area contributed by atoms with Crippen LogP contribution < -0.4 is 4.74 Å². The topological polar surface area (TPSA) is 41.8 Å². The van der Waals surface area contributed by atoms with E-state index in [2.05, 4.69) is 5.16 Å². The molecule has 1 N–H and O–H groups in total. The molecule has 0 atom stereocenters. The van der Waals surface area contributed by atoms with Gasteiger partial charge in [-0.15, -0.1) is 0 Å². The Labute approximate surface area is 114 Å². The number of halogens is 2. The molecule has 3 nitrogen and oxygen atoms in total. The molecule has 0 aliphatic heterocycles. The van der Waals surface area contributed by atoms with Crippen molar-refractivity contribution in [2.45, 2.75) is 6.61 Å². The normalized spacial score (nSPS) is 10.8. The lowest BCUT2D eigenvalue weighted by Crippen LogP contribution is -1.99. The van der Waals surface area contributed by atoms with Gasteiger partial charge in [-0.2, -0.15) is 0 Å². The van der Waals surface area contributed by atoms with Gasteiger partial charge in [0.05, 0.1) is 11.2 Å². The van der Waals surface area contributed by atoms with Crippen molar-refractivity contribution in [3.8, 4) is 5.75 Å². The van der Waals surface area contributed by atoms with Gasteiger partial charge in [0.25, 0.3) is 0 Å². The standard InChI is InChI=1S/C14H11ClFNO2/c15-12-7-10(8-17-18)5-6-14(12)19-9-11-3-1-2-4-13(11)16/h1-8,18H,9H2. The minimum absolute atomic E-state index is 0.0971. The van der Waals surface area contributed by atoms with E-state index in [1.165, 1.54) is 12.3 Å². The maximum absolute atomic E-state index is 13.4. The summed E-state index contributed by atoms with van der Waals surface area (Å²) in [6.45, 7) is 0.0971. The van der Waals surface area contributed by atoms with Crippen molar-refractivity contribution < 1.29 is 14.3 Å². The van der Waals surface area contributed by atoms with Gasteiger partial charge < -0.3 is 9.94 Å². The average molecular weight is 280 g/mol. The number of benzene rings is 2. The molecule has 0 amide bonds. The Kier molecular flexibility index (Phi) is 4.36. The minimum Gasteiger partial charge on any atom is -0.487 e. The van der Waals surface area contributed by atoms with Crippen LogP contribution >= 0.6 is 11.6 Å². The van der Waals surface area contributed by atoms with E-state index in [-0.39, 0.29) is 12.4 Å². The second-order valence-electron chi connectivity index (χ2n) is 3.81. The molecule has 0 aliphatic rings. The van der Waals surface area contributed by atoms with Crippen molar-refractivity contribution in [3.63, 3.8) is 0 Å². The van der Waals surface area contributed by atoms with Crippen LogP contribution in [0.1, 0.15) is 11.1 Å². The second-order valence-corrected chi connectivity index (χ2v) is 4.22. The molecule has 0 heterocycles. The molecule has 5 heteroatoms. The third kappa shape index (κ3) is 3.45. The van der Waals surface area contributed by atoms with Crippen LogP contribution in [0.5, 0.6) is 5.75 Å². The van der Waals surface area contributed by atoms with Gasteiger partial charge in [0.15, 0.2) is 0 Å². The molecule has 0 aliphatic carbocycles.